The molecule has 2 aromatic carbocycles. The number of allylic oxidation sites excluding steroid dienone is 1. The highest BCUT2D eigenvalue weighted by atomic mass is 127. The van der Waals surface area contributed by atoms with E-state index in [1.165, 1.54) is 16.8 Å². The van der Waals surface area contributed by atoms with Crippen LogP contribution < -0.4 is 10.1 Å². The number of nitrogens with zero attached hydrogens (tertiary/aromatic N) is 4. The lowest BCUT2D eigenvalue weighted by Gasteiger charge is -2.25. The molecule has 1 N–H and O–H groups in total. The largest absolute Gasteiger partial charge is 0.434 e. The minimum atomic E-state index is -2.96. The molecule has 2 heterocycles. The van der Waals surface area contributed by atoms with Gasteiger partial charge in [0.25, 0.3) is 0 Å². The summed E-state index contributed by atoms with van der Waals surface area (Å²) < 4.78 is 33.0. The number of hydrogen-bond donors (Lipinski definition) is 1. The van der Waals surface area contributed by atoms with Crippen LogP contribution in [0.5, 0.6) is 5.75 Å². The zero-order chi connectivity index (χ0) is 19.0. The molecule has 0 fully saturated rings. The van der Waals surface area contributed by atoms with Gasteiger partial charge in [0.1, 0.15) is 11.8 Å². The molecule has 138 valence electrons. The van der Waals surface area contributed by atoms with E-state index >= 15 is 0 Å². The van der Waals surface area contributed by atoms with Crippen LogP contribution in [0.15, 0.2) is 48.5 Å². The van der Waals surface area contributed by atoms with Crippen LogP contribution in [0.3, 0.4) is 0 Å². The Kier molecular flexibility index (Phi) is 4.96. The molecule has 1 aromatic heterocycles. The van der Waals surface area contributed by atoms with Crippen molar-refractivity contribution in [3.63, 3.8) is 0 Å². The fourth-order valence-corrected chi connectivity index (χ4v) is 3.37. The van der Waals surface area contributed by atoms with Crippen LogP contribution in [0.1, 0.15) is 17.2 Å². The summed E-state index contributed by atoms with van der Waals surface area (Å²) in [6.45, 7) is -2.96. The number of aromatic nitrogens is 4. The molecule has 6 nitrogen and oxygen atoms in total. The van der Waals surface area contributed by atoms with Crippen molar-refractivity contribution in [2.75, 3.05) is 5.32 Å². The van der Waals surface area contributed by atoms with E-state index in [-0.39, 0.29) is 5.75 Å². The van der Waals surface area contributed by atoms with Gasteiger partial charge in [-0.2, -0.15) is 13.5 Å². The summed E-state index contributed by atoms with van der Waals surface area (Å²) in [5, 5.41) is 15.2. The van der Waals surface area contributed by atoms with Crippen molar-refractivity contribution in [2.24, 2.45) is 0 Å². The van der Waals surface area contributed by atoms with Gasteiger partial charge in [0.05, 0.1) is 0 Å². The van der Waals surface area contributed by atoms with Crippen molar-refractivity contribution in [2.45, 2.75) is 12.7 Å². The van der Waals surface area contributed by atoms with Gasteiger partial charge < -0.3 is 10.1 Å². The number of benzene rings is 2. The van der Waals surface area contributed by atoms with Crippen molar-refractivity contribution >= 4 is 45.8 Å². The van der Waals surface area contributed by atoms with Crippen LogP contribution >= 0.6 is 34.2 Å². The summed E-state index contributed by atoms with van der Waals surface area (Å²) in [5.41, 5.74) is 2.09. The lowest BCUT2D eigenvalue weighted by Crippen LogP contribution is -2.21. The fourth-order valence-electron chi connectivity index (χ4n) is 2.83. The van der Waals surface area contributed by atoms with Gasteiger partial charge in [0.2, 0.25) is 5.95 Å². The quantitative estimate of drug-likeness (QED) is 0.530. The average molecular weight is 502 g/mol. The summed E-state index contributed by atoms with van der Waals surface area (Å²) >= 11 is 8.32. The predicted octanol–water partition coefficient (Wildman–Crippen LogP) is 4.59. The second-order valence-corrected chi connectivity index (χ2v) is 7.35. The molecular formula is C17H11ClF2IN5O. The van der Waals surface area contributed by atoms with Crippen molar-refractivity contribution in [1.29, 1.82) is 0 Å². The van der Waals surface area contributed by atoms with Crippen LogP contribution in [-0.2, 0) is 0 Å². The Labute approximate surface area is 171 Å². The van der Waals surface area contributed by atoms with Crippen molar-refractivity contribution in [1.82, 2.24) is 20.2 Å². The molecule has 27 heavy (non-hydrogen) atoms. The summed E-state index contributed by atoms with van der Waals surface area (Å²) in [6, 6.07) is 11.7. The van der Waals surface area contributed by atoms with Gasteiger partial charge in [-0.25, -0.2) is 0 Å². The van der Waals surface area contributed by atoms with E-state index in [0.29, 0.717) is 16.5 Å². The molecule has 0 amide bonds. The maximum Gasteiger partial charge on any atom is 0.387 e. The van der Waals surface area contributed by atoms with E-state index in [2.05, 4.69) is 48.2 Å². The molecule has 0 spiro atoms. The van der Waals surface area contributed by atoms with Crippen LogP contribution in [0.25, 0.3) is 5.70 Å². The number of anilines is 1. The number of rotatable bonds is 4. The molecule has 0 saturated heterocycles. The van der Waals surface area contributed by atoms with E-state index in [9.17, 15) is 8.78 Å². The molecule has 10 heteroatoms. The third-order valence-electron chi connectivity index (χ3n) is 3.99. The van der Waals surface area contributed by atoms with Gasteiger partial charge in [-0.3, -0.25) is 0 Å². The fraction of sp³-hybridized carbons (Fsp3) is 0.118. The van der Waals surface area contributed by atoms with Crippen LogP contribution in [0.4, 0.5) is 14.7 Å². The first-order valence-corrected chi connectivity index (χ1v) is 9.24. The van der Waals surface area contributed by atoms with E-state index < -0.39 is 12.7 Å². The summed E-state index contributed by atoms with van der Waals surface area (Å²) in [7, 11) is 0. The van der Waals surface area contributed by atoms with E-state index in [4.69, 9.17) is 11.6 Å². The topological polar surface area (TPSA) is 64.9 Å². The first kappa shape index (κ1) is 18.1. The third-order valence-corrected chi connectivity index (χ3v) is 4.94. The molecule has 0 radical (unpaired) electrons. The normalized spacial score (nSPS) is 15.9. The first-order chi connectivity index (χ1) is 13.0. The summed E-state index contributed by atoms with van der Waals surface area (Å²) in [4.78, 5) is 0. The molecular weight excluding hydrogens is 491 g/mol. The number of halogens is 4. The summed E-state index contributed by atoms with van der Waals surface area (Å²) in [6.07, 6.45) is 1.84. The minimum Gasteiger partial charge on any atom is -0.434 e. The molecule has 0 saturated carbocycles. The monoisotopic (exact) mass is 501 g/mol. The molecule has 1 aliphatic rings. The van der Waals surface area contributed by atoms with Gasteiger partial charge in [0.15, 0.2) is 0 Å². The van der Waals surface area contributed by atoms with Crippen molar-refractivity contribution in [3.05, 3.63) is 68.3 Å². The maximum atomic E-state index is 12.9. The molecule has 3 aromatic rings. The Hall–Kier alpha value is -2.27. The van der Waals surface area contributed by atoms with Gasteiger partial charge in [-0.1, -0.05) is 28.8 Å². The third kappa shape index (κ3) is 3.74. The van der Waals surface area contributed by atoms with Gasteiger partial charge in [0, 0.05) is 19.9 Å². The Morgan fingerprint density at radius 3 is 2.70 bits per heavy atom. The number of fused-ring (bicyclic) bond motifs is 1. The average Bonchev–Trinajstić information content (AvgIpc) is 3.11. The first-order valence-electron chi connectivity index (χ1n) is 7.78. The molecule has 4 rings (SSSR count). The Bertz CT molecular complexity index is 1010. The van der Waals surface area contributed by atoms with Crippen LogP contribution in [0, 0.1) is 3.57 Å². The SMILES string of the molecule is FC(F)Oc1ccc(Cl)cc1[C@H]1C=C(c2ccc(I)cc2)Nc2nnnn21. The van der Waals surface area contributed by atoms with Gasteiger partial charge in [-0.05, 0) is 75.0 Å². The molecule has 0 aliphatic carbocycles. The van der Waals surface area contributed by atoms with Gasteiger partial charge >= 0.3 is 6.61 Å². The van der Waals surface area contributed by atoms with Gasteiger partial charge in [-0.15, -0.1) is 0 Å². The Balaban J connectivity index is 1.83. The van der Waals surface area contributed by atoms with E-state index in [1.807, 2.05) is 30.3 Å². The Morgan fingerprint density at radius 1 is 1.19 bits per heavy atom. The zero-order valence-corrected chi connectivity index (χ0v) is 16.4. The van der Waals surface area contributed by atoms with Crippen molar-refractivity contribution in [3.8, 4) is 5.75 Å². The van der Waals surface area contributed by atoms with E-state index in [1.54, 1.807) is 6.07 Å². The van der Waals surface area contributed by atoms with Crippen molar-refractivity contribution < 1.29 is 13.5 Å². The molecule has 0 unspecified atom stereocenters. The summed E-state index contributed by atoms with van der Waals surface area (Å²) in [5.74, 6) is 0.403. The number of alkyl halides is 2. The lowest BCUT2D eigenvalue weighted by molar-refractivity contribution is -0.0506. The molecule has 1 aliphatic heterocycles. The van der Waals surface area contributed by atoms with Crippen LogP contribution in [0.2, 0.25) is 5.02 Å². The number of ether oxygens (including phenoxy) is 1. The lowest BCUT2D eigenvalue weighted by atomic mass is 10.0. The standard InChI is InChI=1S/C17H11ClF2IN5O/c18-10-3-6-15(27-16(19)20)12(7-10)14-8-13(9-1-4-11(21)5-2-9)22-17-23-24-25-26(14)17/h1-8,14,16H,(H,22,23,25)/t14-/m1/s1. The highest BCUT2D eigenvalue weighted by molar-refractivity contribution is 14.1. The molecule has 0 bridgehead atoms. The smallest absolute Gasteiger partial charge is 0.387 e. The second-order valence-electron chi connectivity index (χ2n) is 5.66. The number of nitrogens with one attached hydrogen (secondary N) is 1. The Morgan fingerprint density at radius 2 is 1.96 bits per heavy atom. The second kappa shape index (κ2) is 7.39. The number of hydrogen-bond acceptors (Lipinski definition) is 5. The molecule has 1 atom stereocenters. The van der Waals surface area contributed by atoms with E-state index in [0.717, 1.165) is 14.8 Å². The minimum absolute atomic E-state index is 0.0148. The highest BCUT2D eigenvalue weighted by Gasteiger charge is 2.27. The van der Waals surface area contributed by atoms with Crippen LogP contribution in [-0.4, -0.2) is 26.8 Å². The highest BCUT2D eigenvalue weighted by Crippen LogP contribution is 2.37. The maximum absolute atomic E-state index is 12.9. The predicted molar refractivity (Wildman–Crippen MR) is 105 cm³/mol. The number of tetrazole rings is 1. The zero-order valence-electron chi connectivity index (χ0n) is 13.5.